The first kappa shape index (κ1) is 17.1. The number of nitrogens with one attached hydrogen (secondary N) is 3. The molecule has 0 unspecified atom stereocenters. The van der Waals surface area contributed by atoms with E-state index in [9.17, 15) is 9.59 Å². The van der Waals surface area contributed by atoms with Crippen LogP contribution < -0.4 is 16.5 Å². The Morgan fingerprint density at radius 1 is 1.31 bits per heavy atom. The number of aromatic amines is 1. The third-order valence-corrected chi connectivity index (χ3v) is 5.52. The van der Waals surface area contributed by atoms with E-state index in [2.05, 4.69) is 20.8 Å². The molecule has 26 heavy (non-hydrogen) atoms. The van der Waals surface area contributed by atoms with E-state index in [4.69, 9.17) is 17.3 Å². The Kier molecular flexibility index (Phi) is 4.42. The van der Waals surface area contributed by atoms with Gasteiger partial charge < -0.3 is 16.0 Å². The number of amides is 2. The zero-order chi connectivity index (χ0) is 18.3. The Bertz CT molecular complexity index is 914. The van der Waals surface area contributed by atoms with Crippen molar-refractivity contribution in [1.82, 2.24) is 10.4 Å². The van der Waals surface area contributed by atoms with E-state index in [1.54, 1.807) is 12.1 Å². The van der Waals surface area contributed by atoms with Gasteiger partial charge in [-0.2, -0.15) is 5.10 Å². The Morgan fingerprint density at radius 3 is 2.85 bits per heavy atom. The SMILES string of the molecule is N[C@@H](C(=O)Nc1cc2c3c(c(Cl)[nH]c3c1)C=NNC2=O)C1CCCCC1. The molecule has 1 aromatic carbocycles. The van der Waals surface area contributed by atoms with Gasteiger partial charge in [0, 0.05) is 16.6 Å². The quantitative estimate of drug-likeness (QED) is 0.663. The zero-order valence-electron chi connectivity index (χ0n) is 14.1. The molecule has 2 aliphatic rings. The van der Waals surface area contributed by atoms with Crippen molar-refractivity contribution in [3.05, 3.63) is 28.4 Å². The standard InChI is InChI=1S/C18H20ClN5O2/c19-16-12-8-21-24-17(25)11-6-10(7-13(23-16)14(11)12)22-18(26)15(20)9-4-2-1-3-5-9/h6-9,15,23H,1-5,20H2,(H,22,26)(H,24,25)/t15-/m1/s1. The van der Waals surface area contributed by atoms with Crippen molar-refractivity contribution >= 4 is 46.2 Å². The lowest BCUT2D eigenvalue weighted by Crippen LogP contribution is -2.42. The molecule has 0 radical (unpaired) electrons. The maximum Gasteiger partial charge on any atom is 0.272 e. The summed E-state index contributed by atoms with van der Waals surface area (Å²) in [7, 11) is 0. The number of hydrazone groups is 1. The van der Waals surface area contributed by atoms with Crippen LogP contribution in [0.5, 0.6) is 0 Å². The number of H-pyrrole nitrogens is 1. The molecule has 1 aliphatic carbocycles. The van der Waals surface area contributed by atoms with Gasteiger partial charge in [-0.25, -0.2) is 5.43 Å². The van der Waals surface area contributed by atoms with Gasteiger partial charge >= 0.3 is 0 Å². The summed E-state index contributed by atoms with van der Waals surface area (Å²) in [5.74, 6) is -0.378. The number of aromatic nitrogens is 1. The van der Waals surface area contributed by atoms with E-state index >= 15 is 0 Å². The highest BCUT2D eigenvalue weighted by Gasteiger charge is 2.27. The molecular formula is C18H20ClN5O2. The third-order valence-electron chi connectivity index (χ3n) is 5.22. The van der Waals surface area contributed by atoms with E-state index in [0.29, 0.717) is 32.9 Å². The summed E-state index contributed by atoms with van der Waals surface area (Å²) in [4.78, 5) is 27.9. The molecule has 7 nitrogen and oxygen atoms in total. The summed E-state index contributed by atoms with van der Waals surface area (Å²) in [6.45, 7) is 0. The van der Waals surface area contributed by atoms with E-state index in [1.807, 2.05) is 0 Å². The number of nitrogens with zero attached hydrogens (tertiary/aromatic N) is 1. The topological polar surface area (TPSA) is 112 Å². The van der Waals surface area contributed by atoms with Crippen LogP contribution in [-0.2, 0) is 4.79 Å². The van der Waals surface area contributed by atoms with Gasteiger partial charge in [-0.05, 0) is 30.9 Å². The van der Waals surface area contributed by atoms with Crippen LogP contribution in [-0.4, -0.2) is 29.1 Å². The predicted molar refractivity (Wildman–Crippen MR) is 102 cm³/mol. The van der Waals surface area contributed by atoms with E-state index in [1.165, 1.54) is 12.6 Å². The molecular weight excluding hydrogens is 354 g/mol. The molecule has 5 N–H and O–H groups in total. The number of rotatable bonds is 3. The highest BCUT2D eigenvalue weighted by molar-refractivity contribution is 6.35. The van der Waals surface area contributed by atoms with Crippen molar-refractivity contribution in [2.75, 3.05) is 5.32 Å². The molecule has 2 amide bonds. The van der Waals surface area contributed by atoms with E-state index in [0.717, 1.165) is 25.7 Å². The average molecular weight is 374 g/mol. The Balaban J connectivity index is 1.64. The third kappa shape index (κ3) is 2.97. The van der Waals surface area contributed by atoms with Crippen LogP contribution in [0, 0.1) is 5.92 Å². The minimum atomic E-state index is -0.551. The number of anilines is 1. The van der Waals surface area contributed by atoms with Crippen molar-refractivity contribution in [3.8, 4) is 0 Å². The summed E-state index contributed by atoms with van der Waals surface area (Å²) in [6.07, 6.45) is 6.91. The van der Waals surface area contributed by atoms with Crippen molar-refractivity contribution in [3.63, 3.8) is 0 Å². The number of benzene rings is 1. The van der Waals surface area contributed by atoms with Crippen LogP contribution in [0.1, 0.15) is 48.0 Å². The van der Waals surface area contributed by atoms with Crippen LogP contribution in [0.15, 0.2) is 17.2 Å². The number of hydrogen-bond acceptors (Lipinski definition) is 4. The Labute approximate surface area is 155 Å². The van der Waals surface area contributed by atoms with Crippen molar-refractivity contribution < 1.29 is 9.59 Å². The van der Waals surface area contributed by atoms with Crippen molar-refractivity contribution in [1.29, 1.82) is 0 Å². The van der Waals surface area contributed by atoms with Gasteiger partial charge in [-0.1, -0.05) is 30.9 Å². The van der Waals surface area contributed by atoms with Gasteiger partial charge in [0.1, 0.15) is 5.15 Å². The number of nitrogens with two attached hydrogens (primary N) is 1. The maximum absolute atomic E-state index is 12.6. The van der Waals surface area contributed by atoms with Crippen LogP contribution in [0.2, 0.25) is 5.15 Å². The van der Waals surface area contributed by atoms with Crippen molar-refractivity contribution in [2.45, 2.75) is 38.1 Å². The van der Waals surface area contributed by atoms with Gasteiger partial charge in [0.25, 0.3) is 5.91 Å². The highest BCUT2D eigenvalue weighted by Crippen LogP contribution is 2.32. The number of halogens is 1. The summed E-state index contributed by atoms with van der Waals surface area (Å²) in [6, 6.07) is 2.84. The molecule has 2 heterocycles. The first-order valence-corrected chi connectivity index (χ1v) is 9.17. The largest absolute Gasteiger partial charge is 0.345 e. The van der Waals surface area contributed by atoms with Gasteiger partial charge in [0.05, 0.1) is 23.3 Å². The summed E-state index contributed by atoms with van der Waals surface area (Å²) >= 11 is 6.21. The van der Waals surface area contributed by atoms with Gasteiger partial charge in [0.15, 0.2) is 0 Å². The summed E-state index contributed by atoms with van der Waals surface area (Å²) in [5, 5.41) is 7.80. The minimum absolute atomic E-state index is 0.206. The molecule has 1 fully saturated rings. The maximum atomic E-state index is 12.6. The molecule has 136 valence electrons. The highest BCUT2D eigenvalue weighted by atomic mass is 35.5. The van der Waals surface area contributed by atoms with Gasteiger partial charge in [-0.3, -0.25) is 9.59 Å². The Morgan fingerprint density at radius 2 is 2.08 bits per heavy atom. The molecule has 1 aliphatic heterocycles. The fourth-order valence-corrected chi connectivity index (χ4v) is 4.09. The van der Waals surface area contributed by atoms with Crippen LogP contribution in [0.3, 0.4) is 0 Å². The van der Waals surface area contributed by atoms with Crippen LogP contribution >= 0.6 is 11.6 Å². The second-order valence-electron chi connectivity index (χ2n) is 6.91. The summed E-state index contributed by atoms with van der Waals surface area (Å²) < 4.78 is 0. The molecule has 8 heteroatoms. The first-order chi connectivity index (χ1) is 12.5. The average Bonchev–Trinajstić information content (AvgIpc) is 2.85. The number of hydrogen-bond donors (Lipinski definition) is 4. The fourth-order valence-electron chi connectivity index (χ4n) is 3.85. The van der Waals surface area contributed by atoms with E-state index in [-0.39, 0.29) is 17.7 Å². The van der Waals surface area contributed by atoms with Crippen LogP contribution in [0.4, 0.5) is 5.69 Å². The smallest absolute Gasteiger partial charge is 0.272 e. The molecule has 0 bridgehead atoms. The van der Waals surface area contributed by atoms with E-state index < -0.39 is 6.04 Å². The lowest BCUT2D eigenvalue weighted by atomic mass is 9.84. The monoisotopic (exact) mass is 373 g/mol. The molecule has 0 saturated heterocycles. The lowest BCUT2D eigenvalue weighted by molar-refractivity contribution is -0.118. The lowest BCUT2D eigenvalue weighted by Gasteiger charge is -2.26. The molecule has 0 spiro atoms. The molecule has 2 aromatic rings. The second-order valence-corrected chi connectivity index (χ2v) is 7.29. The minimum Gasteiger partial charge on any atom is -0.345 e. The number of carbonyl (C=O) groups excluding carboxylic acids is 2. The predicted octanol–water partition coefficient (Wildman–Crippen LogP) is 2.74. The number of carbonyl (C=O) groups is 2. The molecule has 1 aromatic heterocycles. The zero-order valence-corrected chi connectivity index (χ0v) is 14.9. The van der Waals surface area contributed by atoms with Gasteiger partial charge in [-0.15, -0.1) is 0 Å². The second kappa shape index (κ2) is 6.74. The molecule has 1 atom stereocenters. The normalized spacial score (nSPS) is 18.5. The fraction of sp³-hybridized carbons (Fsp3) is 0.389. The van der Waals surface area contributed by atoms with Crippen molar-refractivity contribution in [2.24, 2.45) is 16.8 Å². The summed E-state index contributed by atoms with van der Waals surface area (Å²) in [5.41, 5.74) is 10.8. The Hall–Kier alpha value is -2.38. The van der Waals surface area contributed by atoms with Gasteiger partial charge in [0.2, 0.25) is 5.91 Å². The molecule has 1 saturated carbocycles. The van der Waals surface area contributed by atoms with Crippen LogP contribution in [0.25, 0.3) is 10.9 Å². The first-order valence-electron chi connectivity index (χ1n) is 8.79. The molecule has 4 rings (SSSR count).